The molecule has 0 N–H and O–H groups in total. The number of carbonyl (C=O) groups excluding carboxylic acids is 1. The number of nitriles is 1. The summed E-state index contributed by atoms with van der Waals surface area (Å²) in [6, 6.07) is 8.78. The summed E-state index contributed by atoms with van der Waals surface area (Å²) in [5.74, 6) is -0.514. The minimum Gasteiger partial charge on any atom is -0.299 e. The van der Waals surface area contributed by atoms with Gasteiger partial charge in [-0.1, -0.05) is 18.6 Å². The van der Waals surface area contributed by atoms with Crippen molar-refractivity contribution in [2.45, 2.75) is 31.6 Å². The van der Waals surface area contributed by atoms with E-state index in [-0.39, 0.29) is 29.1 Å². The second-order valence-corrected chi connectivity index (χ2v) is 5.17. The van der Waals surface area contributed by atoms with Crippen molar-refractivity contribution in [3.63, 3.8) is 0 Å². The van der Waals surface area contributed by atoms with Crippen LogP contribution in [0.15, 0.2) is 24.3 Å². The van der Waals surface area contributed by atoms with E-state index in [1.54, 1.807) is 24.3 Å². The Morgan fingerprint density at radius 1 is 1.35 bits per heavy atom. The molecule has 2 rings (SSSR count). The summed E-state index contributed by atoms with van der Waals surface area (Å²) in [6.07, 6.45) is 3.07. The van der Waals surface area contributed by atoms with Crippen LogP contribution in [-0.2, 0) is 4.79 Å². The number of nitrogens with zero attached hydrogens (tertiary/aromatic N) is 2. The standard InChI is InChI=1S/C15H16N2O3/c16-9-11-5-7-12(8-6-11)14(10-17(19)20)13-3-1-2-4-15(13)18/h5-8,13-14H,1-4,10H2/t13-,14+/m1/s1. The van der Waals surface area contributed by atoms with Crippen molar-refractivity contribution in [2.24, 2.45) is 5.92 Å². The van der Waals surface area contributed by atoms with Gasteiger partial charge in [-0.15, -0.1) is 0 Å². The van der Waals surface area contributed by atoms with Crippen LogP contribution in [0.4, 0.5) is 0 Å². The van der Waals surface area contributed by atoms with E-state index in [1.807, 2.05) is 6.07 Å². The van der Waals surface area contributed by atoms with Gasteiger partial charge in [0.2, 0.25) is 6.54 Å². The molecule has 1 fully saturated rings. The van der Waals surface area contributed by atoms with E-state index in [1.165, 1.54) is 0 Å². The normalized spacial score (nSPS) is 20.1. The van der Waals surface area contributed by atoms with Crippen LogP contribution in [0.25, 0.3) is 0 Å². The lowest BCUT2D eigenvalue weighted by Crippen LogP contribution is -2.30. The molecule has 104 valence electrons. The van der Waals surface area contributed by atoms with Gasteiger partial charge in [0.05, 0.1) is 17.6 Å². The first-order valence-electron chi connectivity index (χ1n) is 6.76. The van der Waals surface area contributed by atoms with E-state index in [0.717, 1.165) is 24.8 Å². The van der Waals surface area contributed by atoms with Crippen molar-refractivity contribution in [1.82, 2.24) is 0 Å². The van der Waals surface area contributed by atoms with Gasteiger partial charge in [0.25, 0.3) is 0 Å². The third-order valence-corrected chi connectivity index (χ3v) is 3.90. The van der Waals surface area contributed by atoms with Crippen LogP contribution in [-0.4, -0.2) is 17.3 Å². The molecule has 0 spiro atoms. The molecule has 0 radical (unpaired) electrons. The summed E-state index contributed by atoms with van der Waals surface area (Å²) in [4.78, 5) is 22.6. The number of hydrogen-bond acceptors (Lipinski definition) is 4. The third-order valence-electron chi connectivity index (χ3n) is 3.90. The Balaban J connectivity index is 2.28. The fraction of sp³-hybridized carbons (Fsp3) is 0.467. The average molecular weight is 272 g/mol. The fourth-order valence-electron chi connectivity index (χ4n) is 2.87. The number of hydrogen-bond donors (Lipinski definition) is 0. The van der Waals surface area contributed by atoms with Crippen LogP contribution in [0.5, 0.6) is 0 Å². The topological polar surface area (TPSA) is 84.0 Å². The van der Waals surface area contributed by atoms with E-state index in [4.69, 9.17) is 5.26 Å². The van der Waals surface area contributed by atoms with E-state index in [2.05, 4.69) is 0 Å². The molecule has 0 aliphatic heterocycles. The van der Waals surface area contributed by atoms with Gasteiger partial charge >= 0.3 is 0 Å². The molecular formula is C15H16N2O3. The smallest absolute Gasteiger partial charge is 0.211 e. The largest absolute Gasteiger partial charge is 0.299 e. The lowest BCUT2D eigenvalue weighted by Gasteiger charge is -2.27. The predicted molar refractivity (Wildman–Crippen MR) is 72.7 cm³/mol. The second kappa shape index (κ2) is 6.29. The maximum absolute atomic E-state index is 12.0. The molecule has 0 unspecified atom stereocenters. The maximum atomic E-state index is 12.0. The molecule has 1 aliphatic rings. The van der Waals surface area contributed by atoms with Gasteiger partial charge in [-0.3, -0.25) is 14.9 Å². The molecule has 5 heteroatoms. The van der Waals surface area contributed by atoms with Gasteiger partial charge in [-0.25, -0.2) is 0 Å². The van der Waals surface area contributed by atoms with Crippen molar-refractivity contribution in [1.29, 1.82) is 5.26 Å². The number of carbonyl (C=O) groups is 1. The highest BCUT2D eigenvalue weighted by atomic mass is 16.6. The number of Topliss-reactive ketones (excluding diaryl/α,β-unsaturated/α-hetero) is 1. The Labute approximate surface area is 117 Å². The number of nitro groups is 1. The molecule has 1 saturated carbocycles. The van der Waals surface area contributed by atoms with Crippen molar-refractivity contribution in [3.05, 3.63) is 45.5 Å². The second-order valence-electron chi connectivity index (χ2n) is 5.17. The fourth-order valence-corrected chi connectivity index (χ4v) is 2.87. The molecule has 2 atom stereocenters. The Morgan fingerprint density at radius 3 is 2.60 bits per heavy atom. The molecule has 1 aromatic rings. The summed E-state index contributed by atoms with van der Waals surface area (Å²) >= 11 is 0. The summed E-state index contributed by atoms with van der Waals surface area (Å²) in [5, 5.41) is 19.7. The quantitative estimate of drug-likeness (QED) is 0.623. The SMILES string of the molecule is N#Cc1ccc([C@H](C[N+](=O)[O-])[C@H]2CCCCC2=O)cc1. The van der Waals surface area contributed by atoms with Gasteiger partial charge in [-0.2, -0.15) is 5.26 Å². The highest BCUT2D eigenvalue weighted by Crippen LogP contribution is 2.34. The first kappa shape index (κ1) is 14.2. The van der Waals surface area contributed by atoms with Crippen molar-refractivity contribution in [3.8, 4) is 6.07 Å². The lowest BCUT2D eigenvalue weighted by atomic mass is 9.76. The highest BCUT2D eigenvalue weighted by Gasteiger charge is 2.34. The summed E-state index contributed by atoms with van der Waals surface area (Å²) in [7, 11) is 0. The van der Waals surface area contributed by atoms with E-state index >= 15 is 0 Å². The summed E-state index contributed by atoms with van der Waals surface area (Å²) in [6.45, 7) is -0.234. The molecule has 5 nitrogen and oxygen atoms in total. The zero-order valence-corrected chi connectivity index (χ0v) is 11.1. The van der Waals surface area contributed by atoms with Crippen LogP contribution < -0.4 is 0 Å². The predicted octanol–water partition coefficient (Wildman–Crippen LogP) is 2.68. The lowest BCUT2D eigenvalue weighted by molar-refractivity contribution is -0.484. The molecule has 0 bridgehead atoms. The monoisotopic (exact) mass is 272 g/mol. The minimum absolute atomic E-state index is 0.132. The molecule has 20 heavy (non-hydrogen) atoms. The molecular weight excluding hydrogens is 256 g/mol. The molecule has 0 aromatic heterocycles. The number of ketones is 1. The molecule has 1 aromatic carbocycles. The average Bonchev–Trinajstić information content (AvgIpc) is 2.46. The first-order valence-corrected chi connectivity index (χ1v) is 6.76. The number of benzene rings is 1. The Morgan fingerprint density at radius 2 is 2.05 bits per heavy atom. The van der Waals surface area contributed by atoms with Gasteiger partial charge in [0.15, 0.2) is 0 Å². The van der Waals surface area contributed by atoms with E-state index in [9.17, 15) is 14.9 Å². The first-order chi connectivity index (χ1) is 9.61. The van der Waals surface area contributed by atoms with Crippen LogP contribution in [0, 0.1) is 27.4 Å². The van der Waals surface area contributed by atoms with E-state index in [0.29, 0.717) is 12.0 Å². The van der Waals surface area contributed by atoms with Crippen molar-refractivity contribution in [2.75, 3.05) is 6.54 Å². The van der Waals surface area contributed by atoms with Crippen molar-refractivity contribution < 1.29 is 9.72 Å². The highest BCUT2D eigenvalue weighted by molar-refractivity contribution is 5.82. The Hall–Kier alpha value is -2.22. The molecule has 0 amide bonds. The van der Waals surface area contributed by atoms with Gasteiger partial charge in [0.1, 0.15) is 5.78 Å². The number of rotatable bonds is 4. The van der Waals surface area contributed by atoms with Crippen LogP contribution in [0.3, 0.4) is 0 Å². The van der Waals surface area contributed by atoms with Crippen LogP contribution in [0.1, 0.15) is 42.7 Å². The Bertz CT molecular complexity index is 545. The minimum atomic E-state index is -0.384. The van der Waals surface area contributed by atoms with E-state index < -0.39 is 0 Å². The molecule has 0 saturated heterocycles. The molecule has 1 aliphatic carbocycles. The zero-order valence-electron chi connectivity index (χ0n) is 11.1. The van der Waals surface area contributed by atoms with Crippen LogP contribution in [0.2, 0.25) is 0 Å². The summed E-state index contributed by atoms with van der Waals surface area (Å²) in [5.41, 5.74) is 1.30. The maximum Gasteiger partial charge on any atom is 0.211 e. The van der Waals surface area contributed by atoms with Gasteiger partial charge in [-0.05, 0) is 30.5 Å². The third kappa shape index (κ3) is 3.21. The Kier molecular flexibility index (Phi) is 4.46. The van der Waals surface area contributed by atoms with Crippen LogP contribution >= 0.6 is 0 Å². The summed E-state index contributed by atoms with van der Waals surface area (Å²) < 4.78 is 0. The zero-order chi connectivity index (χ0) is 14.5. The van der Waals surface area contributed by atoms with Gasteiger partial charge < -0.3 is 0 Å². The van der Waals surface area contributed by atoms with Crippen molar-refractivity contribution >= 4 is 5.78 Å². The van der Waals surface area contributed by atoms with Gasteiger partial charge in [0, 0.05) is 17.3 Å². The molecule has 0 heterocycles.